The summed E-state index contributed by atoms with van der Waals surface area (Å²) in [6.07, 6.45) is 0.272. The number of nitrogens with zero attached hydrogens (tertiary/aromatic N) is 2. The molecule has 1 heterocycles. The lowest BCUT2D eigenvalue weighted by molar-refractivity contribution is -0.139. The number of rotatable bonds is 7. The predicted octanol–water partition coefficient (Wildman–Crippen LogP) is 6.94. The first kappa shape index (κ1) is 23.5. The van der Waals surface area contributed by atoms with Gasteiger partial charge in [0.2, 0.25) is 0 Å². The molecule has 0 radical (unpaired) electrons. The van der Waals surface area contributed by atoms with E-state index in [1.54, 1.807) is 0 Å². The Kier molecular flexibility index (Phi) is 6.92. The van der Waals surface area contributed by atoms with Crippen molar-refractivity contribution in [1.29, 1.82) is 0 Å². The van der Waals surface area contributed by atoms with Crippen LogP contribution in [0.15, 0.2) is 97.1 Å². The molecule has 0 bridgehead atoms. The van der Waals surface area contributed by atoms with Crippen LogP contribution in [0, 0.1) is 0 Å². The molecule has 4 aromatic carbocycles. The highest BCUT2D eigenvalue weighted by atomic mass is 35.5. The number of ether oxygens (including phenoxy) is 1. The highest BCUT2D eigenvalue weighted by molar-refractivity contribution is 6.35. The predicted molar refractivity (Wildman–Crippen MR) is 145 cm³/mol. The van der Waals surface area contributed by atoms with E-state index in [0.29, 0.717) is 17.1 Å². The van der Waals surface area contributed by atoms with Crippen LogP contribution in [0.1, 0.15) is 11.1 Å². The second-order valence-electron chi connectivity index (χ2n) is 8.43. The van der Waals surface area contributed by atoms with Gasteiger partial charge >= 0.3 is 5.97 Å². The Bertz CT molecular complexity index is 1520. The number of carbonyl (C=O) groups excluding carboxylic acids is 1. The molecule has 1 aromatic heterocycles. The first-order valence-corrected chi connectivity index (χ1v) is 12.0. The van der Waals surface area contributed by atoms with Gasteiger partial charge in [-0.1, -0.05) is 90.5 Å². The summed E-state index contributed by atoms with van der Waals surface area (Å²) in [6, 6.07) is 32.1. The van der Waals surface area contributed by atoms with Crippen LogP contribution in [-0.2, 0) is 22.5 Å². The van der Waals surface area contributed by atoms with Gasteiger partial charge in [-0.2, -0.15) is 0 Å². The first-order valence-electron chi connectivity index (χ1n) is 11.6. The van der Waals surface area contributed by atoms with E-state index < -0.39 is 0 Å². The quantitative estimate of drug-likeness (QED) is 0.249. The second kappa shape index (κ2) is 10.6. The number of hydrogen-bond acceptors (Lipinski definition) is 5. The molecule has 0 spiro atoms. The zero-order valence-electron chi connectivity index (χ0n) is 19.7. The molecule has 0 fully saturated rings. The highest BCUT2D eigenvalue weighted by Gasteiger charge is 2.16. The van der Waals surface area contributed by atoms with E-state index in [-0.39, 0.29) is 12.4 Å². The zero-order valence-corrected chi connectivity index (χ0v) is 20.5. The van der Waals surface area contributed by atoms with Crippen LogP contribution in [-0.4, -0.2) is 23.3 Å². The van der Waals surface area contributed by atoms with Crippen molar-refractivity contribution in [1.82, 2.24) is 10.2 Å². The molecule has 36 heavy (non-hydrogen) atoms. The minimum Gasteiger partial charge on any atom is -0.469 e. The Morgan fingerprint density at radius 1 is 0.833 bits per heavy atom. The van der Waals surface area contributed by atoms with Gasteiger partial charge < -0.3 is 10.1 Å². The number of hydrogen-bond donors (Lipinski definition) is 1. The number of carbonyl (C=O) groups is 1. The average Bonchev–Trinajstić information content (AvgIpc) is 2.93. The summed E-state index contributed by atoms with van der Waals surface area (Å²) in [5, 5.41) is 14.1. The molecule has 6 heteroatoms. The summed E-state index contributed by atoms with van der Waals surface area (Å²) in [5.74, 6) is -0.244. The van der Waals surface area contributed by atoms with E-state index in [1.165, 1.54) is 7.11 Å². The molecule has 0 atom stereocenters. The van der Waals surface area contributed by atoms with Crippen LogP contribution >= 0.6 is 11.6 Å². The summed E-state index contributed by atoms with van der Waals surface area (Å²) in [6.45, 7) is 0.647. The number of halogens is 1. The Morgan fingerprint density at radius 3 is 2.33 bits per heavy atom. The van der Waals surface area contributed by atoms with Crippen LogP contribution in [0.3, 0.4) is 0 Å². The van der Waals surface area contributed by atoms with Crippen LogP contribution in [0.4, 0.5) is 5.69 Å². The van der Waals surface area contributed by atoms with Crippen LogP contribution in [0.25, 0.3) is 33.3 Å². The number of esters is 1. The molecule has 0 aliphatic heterocycles. The summed E-state index contributed by atoms with van der Waals surface area (Å²) in [5.41, 5.74) is 7.52. The number of aromatic nitrogens is 2. The van der Waals surface area contributed by atoms with Crippen LogP contribution < -0.4 is 5.32 Å². The smallest absolute Gasteiger partial charge is 0.309 e. The fourth-order valence-corrected chi connectivity index (χ4v) is 4.40. The molecule has 1 N–H and O–H groups in total. The number of benzene rings is 4. The van der Waals surface area contributed by atoms with Gasteiger partial charge in [-0.3, -0.25) is 4.79 Å². The van der Waals surface area contributed by atoms with Crippen molar-refractivity contribution in [3.05, 3.63) is 113 Å². The lowest BCUT2D eigenvalue weighted by atomic mass is 9.95. The van der Waals surface area contributed by atoms with Gasteiger partial charge in [0.25, 0.3) is 0 Å². The minimum atomic E-state index is -0.244. The van der Waals surface area contributed by atoms with Gasteiger partial charge in [-0.15, -0.1) is 10.2 Å². The molecular formula is C30H24ClN3O2. The van der Waals surface area contributed by atoms with Crippen LogP contribution in [0.5, 0.6) is 0 Å². The largest absolute Gasteiger partial charge is 0.469 e. The molecule has 0 amide bonds. The summed E-state index contributed by atoms with van der Waals surface area (Å²) < 4.78 is 4.74. The van der Waals surface area contributed by atoms with Crippen molar-refractivity contribution >= 4 is 34.2 Å². The molecule has 0 saturated heterocycles. The van der Waals surface area contributed by atoms with Crippen molar-refractivity contribution in [3.63, 3.8) is 0 Å². The fraction of sp³-hybridized carbons (Fsp3) is 0.100. The maximum Gasteiger partial charge on any atom is 0.309 e. The standard InChI is InChI=1S/C30H24ClN3O2/c1-36-27(35)17-20-13-15-21(16-14-20)19-32-24-10-5-9-23(18-24)28-25-11-6-12-26(31)30(25)34-33-29(28)22-7-3-2-4-8-22/h2-16,18,32H,17,19H2,1H3. The lowest BCUT2D eigenvalue weighted by Crippen LogP contribution is -2.05. The summed E-state index contributed by atoms with van der Waals surface area (Å²) in [4.78, 5) is 11.5. The molecule has 0 saturated carbocycles. The van der Waals surface area contributed by atoms with Crippen molar-refractivity contribution in [2.45, 2.75) is 13.0 Å². The molecule has 5 aromatic rings. The Hall–Kier alpha value is -4.22. The monoisotopic (exact) mass is 493 g/mol. The molecule has 0 aliphatic carbocycles. The maximum absolute atomic E-state index is 11.5. The van der Waals surface area contributed by atoms with Gasteiger partial charge in [0, 0.05) is 28.7 Å². The van der Waals surface area contributed by atoms with Gasteiger partial charge in [0.15, 0.2) is 0 Å². The van der Waals surface area contributed by atoms with E-state index >= 15 is 0 Å². The third-order valence-electron chi connectivity index (χ3n) is 6.04. The molecule has 5 rings (SSSR count). The molecule has 5 nitrogen and oxygen atoms in total. The fourth-order valence-electron chi connectivity index (χ4n) is 4.19. The number of anilines is 1. The average molecular weight is 494 g/mol. The van der Waals surface area contributed by atoms with Gasteiger partial charge in [-0.05, 0) is 34.9 Å². The maximum atomic E-state index is 11.5. The highest BCUT2D eigenvalue weighted by Crippen LogP contribution is 2.38. The summed E-state index contributed by atoms with van der Waals surface area (Å²) >= 11 is 6.47. The second-order valence-corrected chi connectivity index (χ2v) is 8.84. The third-order valence-corrected chi connectivity index (χ3v) is 6.34. The van der Waals surface area contributed by atoms with E-state index in [0.717, 1.165) is 44.6 Å². The van der Waals surface area contributed by atoms with E-state index in [2.05, 4.69) is 27.6 Å². The van der Waals surface area contributed by atoms with Crippen molar-refractivity contribution in [3.8, 4) is 22.4 Å². The van der Waals surface area contributed by atoms with Crippen LogP contribution in [0.2, 0.25) is 5.02 Å². The van der Waals surface area contributed by atoms with Crippen molar-refractivity contribution < 1.29 is 9.53 Å². The Morgan fingerprint density at radius 2 is 1.56 bits per heavy atom. The van der Waals surface area contributed by atoms with Gasteiger partial charge in [-0.25, -0.2) is 0 Å². The van der Waals surface area contributed by atoms with Gasteiger partial charge in [0.1, 0.15) is 11.2 Å². The molecular weight excluding hydrogens is 470 g/mol. The normalized spacial score (nSPS) is 10.8. The topological polar surface area (TPSA) is 64.1 Å². The lowest BCUT2D eigenvalue weighted by Gasteiger charge is -2.14. The van der Waals surface area contributed by atoms with E-state index in [1.807, 2.05) is 84.9 Å². The van der Waals surface area contributed by atoms with Crippen molar-refractivity contribution in [2.75, 3.05) is 12.4 Å². The van der Waals surface area contributed by atoms with Crippen molar-refractivity contribution in [2.24, 2.45) is 0 Å². The number of methoxy groups -OCH3 is 1. The number of nitrogens with one attached hydrogen (secondary N) is 1. The SMILES string of the molecule is COC(=O)Cc1ccc(CNc2cccc(-c3c(-c4ccccc4)nnc4c(Cl)cccc34)c2)cc1. The Labute approximate surface area is 214 Å². The summed E-state index contributed by atoms with van der Waals surface area (Å²) in [7, 11) is 1.40. The first-order chi connectivity index (χ1) is 17.6. The number of fused-ring (bicyclic) bond motifs is 1. The minimum absolute atomic E-state index is 0.244. The zero-order chi connectivity index (χ0) is 24.9. The van der Waals surface area contributed by atoms with Gasteiger partial charge in [0.05, 0.1) is 18.6 Å². The molecule has 0 unspecified atom stereocenters. The Balaban J connectivity index is 1.47. The van der Waals surface area contributed by atoms with E-state index in [9.17, 15) is 4.79 Å². The van der Waals surface area contributed by atoms with E-state index in [4.69, 9.17) is 16.3 Å². The third kappa shape index (κ3) is 5.07. The molecule has 178 valence electrons. The molecule has 0 aliphatic rings.